The van der Waals surface area contributed by atoms with Gasteiger partial charge in [-0.05, 0) is 143 Å². The molecule has 5 saturated carbocycles. The molecular formula is C68H103N19O14S. The lowest BCUT2D eigenvalue weighted by Gasteiger charge is -2.56. The van der Waals surface area contributed by atoms with Gasteiger partial charge in [0.1, 0.15) is 53.9 Å². The monoisotopic (exact) mass is 1440 g/mol. The van der Waals surface area contributed by atoms with Gasteiger partial charge in [-0.1, -0.05) is 55.7 Å². The summed E-state index contributed by atoms with van der Waals surface area (Å²) < 4.78 is 0. The van der Waals surface area contributed by atoms with Crippen molar-refractivity contribution in [3.63, 3.8) is 0 Å². The van der Waals surface area contributed by atoms with Gasteiger partial charge < -0.3 is 102 Å². The molecule has 9 atom stereocenters. The number of hydrogen-bond donors (Lipinski definition) is 17. The van der Waals surface area contributed by atoms with Crippen LogP contribution in [0.5, 0.6) is 0 Å². The third-order valence-corrected chi connectivity index (χ3v) is 21.3. The molecule has 0 radical (unpaired) electrons. The van der Waals surface area contributed by atoms with Crippen LogP contribution in [0.25, 0.3) is 0 Å². The number of carboxylic acids is 1. The van der Waals surface area contributed by atoms with Gasteiger partial charge >= 0.3 is 5.97 Å². The summed E-state index contributed by atoms with van der Waals surface area (Å²) in [6, 6.07) is 1.27. The summed E-state index contributed by atoms with van der Waals surface area (Å²) in [5.74, 6) is -7.44. The largest absolute Gasteiger partial charge is 0.480 e. The molecule has 560 valence electrons. The second-order valence-electron chi connectivity index (χ2n) is 28.3. The average Bonchev–Trinajstić information content (AvgIpc) is 0.885. The number of likely N-dealkylation sites (tertiary alicyclic amines) is 2. The maximum Gasteiger partial charge on any atom is 0.326 e. The normalized spacial score (nSPS) is 23.3. The van der Waals surface area contributed by atoms with Crippen LogP contribution >= 0.6 is 11.3 Å². The summed E-state index contributed by atoms with van der Waals surface area (Å²) in [7, 11) is 0. The number of carbonyl (C=O) groups excluding carboxylic acids is 10. The summed E-state index contributed by atoms with van der Waals surface area (Å²) in [6.07, 6.45) is 8.54. The highest BCUT2D eigenvalue weighted by atomic mass is 32.1. The number of aliphatic hydroxyl groups is 2. The standard InChI is InChI=1S/C68H103N19O14S/c69-64(70)75-21-7-15-45(79-53(90)35-67-32-40-26-41(33-67)28-42(27-40)34-67)55(92)81-46(16-8-22-76-65(71)72)60(97)86-24-10-18-51(86)61(98)87-37-43(89)30-52(87)59(96)78-36-54(91)80-49(31-44-14-11-25-102-44)56(93)83-50(38-88)57(94)82-48(29-39-12-3-1-4-13-39)58(95)85-68(19-5-2-6-20-68)63(101)84-47(62(99)100)17-9-23-77-66(73)74/h1,3-4,11-14,25,40-43,45-52,88-89H,2,5-10,15-24,26-38H2,(H,78,96)(H,79,90)(H,80,91)(H,81,92)(H,82,94)(H,83,93)(H,84,101)(H,85,95)(H,99,100)(H4,69,70,75)(H4,71,72,76)(H4,73,74,77)/t40?,41?,42?,43-,45-,46+,47+,48-,49+,50+,51+,52+,67?/m1/s1. The van der Waals surface area contributed by atoms with Crippen LogP contribution in [-0.2, 0) is 65.6 Å². The minimum absolute atomic E-state index is 0.0250. The number of aliphatic carboxylic acids is 1. The molecule has 33 nitrogen and oxygen atoms in total. The van der Waals surface area contributed by atoms with Gasteiger partial charge in [-0.15, -0.1) is 11.3 Å². The number of aliphatic imine (C=N–C) groups is 3. The molecule has 10 amide bonds. The molecule has 1 aromatic heterocycles. The molecule has 7 fully saturated rings. The van der Waals surface area contributed by atoms with Crippen molar-refractivity contribution < 1.29 is 68.1 Å². The number of hydrogen-bond acceptors (Lipinski definition) is 17. The molecule has 9 rings (SSSR count). The quantitative estimate of drug-likeness (QED) is 0.0184. The Labute approximate surface area is 596 Å². The van der Waals surface area contributed by atoms with Crippen molar-refractivity contribution >= 4 is 94.3 Å². The van der Waals surface area contributed by atoms with Crippen LogP contribution in [0.3, 0.4) is 0 Å². The van der Waals surface area contributed by atoms with Gasteiger partial charge in [0.05, 0.1) is 19.3 Å². The van der Waals surface area contributed by atoms with E-state index in [9.17, 15) is 68.1 Å². The van der Waals surface area contributed by atoms with E-state index in [0.717, 1.165) is 30.6 Å². The van der Waals surface area contributed by atoms with Crippen LogP contribution in [0.4, 0.5) is 0 Å². The molecule has 102 heavy (non-hydrogen) atoms. The van der Waals surface area contributed by atoms with Crippen molar-refractivity contribution in [2.45, 2.75) is 208 Å². The first kappa shape index (κ1) is 78.5. The number of nitrogens with two attached hydrogens (primary N) is 6. The molecule has 2 aromatic rings. The summed E-state index contributed by atoms with van der Waals surface area (Å²) >= 11 is 1.25. The molecule has 2 aliphatic heterocycles. The number of nitrogens with one attached hydrogen (secondary N) is 8. The van der Waals surface area contributed by atoms with Gasteiger partial charge in [0.2, 0.25) is 59.1 Å². The van der Waals surface area contributed by atoms with E-state index in [1.54, 1.807) is 47.8 Å². The highest BCUT2D eigenvalue weighted by Gasteiger charge is 2.52. The molecule has 23 N–H and O–H groups in total. The van der Waals surface area contributed by atoms with Crippen LogP contribution in [0.15, 0.2) is 62.8 Å². The Kier molecular flexibility index (Phi) is 28.6. The Morgan fingerprint density at radius 2 is 1.13 bits per heavy atom. The van der Waals surface area contributed by atoms with Crippen molar-refractivity contribution in [3.8, 4) is 0 Å². The zero-order valence-electron chi connectivity index (χ0n) is 57.7. The van der Waals surface area contributed by atoms with Gasteiger partial charge in [0, 0.05) is 63.3 Å². The zero-order chi connectivity index (χ0) is 73.7. The number of carbonyl (C=O) groups is 11. The van der Waals surface area contributed by atoms with Crippen LogP contribution in [0.2, 0.25) is 0 Å². The molecule has 7 aliphatic rings. The highest BCUT2D eigenvalue weighted by molar-refractivity contribution is 7.09. The van der Waals surface area contributed by atoms with Crippen molar-refractivity contribution in [1.82, 2.24) is 52.3 Å². The topological polar surface area (TPSA) is 544 Å². The fourth-order valence-corrected chi connectivity index (χ4v) is 16.7. The molecule has 5 aliphatic carbocycles. The first-order chi connectivity index (χ1) is 48.7. The first-order valence-corrected chi connectivity index (χ1v) is 36.4. The third-order valence-electron chi connectivity index (χ3n) is 20.4. The molecule has 3 heterocycles. The van der Waals surface area contributed by atoms with Crippen molar-refractivity contribution in [2.75, 3.05) is 45.9 Å². The van der Waals surface area contributed by atoms with Gasteiger partial charge in [-0.2, -0.15) is 0 Å². The summed E-state index contributed by atoms with van der Waals surface area (Å²) in [6.45, 7) is -1.56. The molecule has 0 spiro atoms. The van der Waals surface area contributed by atoms with Crippen LogP contribution in [0, 0.1) is 23.2 Å². The number of guanidine groups is 3. The maximum atomic E-state index is 14.9. The second-order valence-corrected chi connectivity index (χ2v) is 29.4. The van der Waals surface area contributed by atoms with E-state index < -0.39 is 132 Å². The summed E-state index contributed by atoms with van der Waals surface area (Å²) in [5, 5.41) is 55.0. The minimum Gasteiger partial charge on any atom is -0.480 e. The number of β-amino-alcohol motifs (C(OH)–C–C–N with tert-alkyl or cyclic N) is 1. The van der Waals surface area contributed by atoms with Crippen LogP contribution < -0.4 is 76.9 Å². The smallest absolute Gasteiger partial charge is 0.326 e. The number of thiophene rings is 1. The van der Waals surface area contributed by atoms with E-state index in [2.05, 4.69) is 57.5 Å². The maximum absolute atomic E-state index is 14.9. The van der Waals surface area contributed by atoms with Crippen molar-refractivity contribution in [1.29, 1.82) is 0 Å². The van der Waals surface area contributed by atoms with E-state index in [1.807, 2.05) is 0 Å². The van der Waals surface area contributed by atoms with E-state index >= 15 is 0 Å². The molecule has 0 unspecified atom stereocenters. The Morgan fingerprint density at radius 3 is 1.71 bits per heavy atom. The van der Waals surface area contributed by atoms with Crippen molar-refractivity contribution in [3.05, 3.63) is 58.3 Å². The minimum atomic E-state index is -1.72. The molecule has 34 heteroatoms. The van der Waals surface area contributed by atoms with E-state index in [-0.39, 0.29) is 139 Å². The number of rotatable bonds is 37. The van der Waals surface area contributed by atoms with E-state index in [4.69, 9.17) is 34.4 Å². The summed E-state index contributed by atoms with van der Waals surface area (Å²) in [4.78, 5) is 171. The fourth-order valence-electron chi connectivity index (χ4n) is 16.0. The van der Waals surface area contributed by atoms with Gasteiger partial charge in [-0.3, -0.25) is 62.9 Å². The lowest BCUT2D eigenvalue weighted by molar-refractivity contribution is -0.148. The SMILES string of the molecule is NC(N)=NCCC[C@H](NC(=O)C1(NC(=O)[C@@H](Cc2ccccc2)NC(=O)[C@H](CO)NC(=O)[C@H](Cc2cccs2)NC(=O)CNC(=O)[C@@H]2C[C@@H](O)CN2C(=O)[C@@H]2CCCN2C(=O)[C@H](CCCN=C(N)N)NC(=O)[C@@H](CCCN=C(N)N)NC(=O)CC23CC4CC(CC(C4)C2)C3)CCCCC1)C(=O)O. The van der Waals surface area contributed by atoms with Crippen molar-refractivity contribution in [2.24, 2.45) is 72.5 Å². The Hall–Kier alpha value is -9.18. The second kappa shape index (κ2) is 37.1. The third kappa shape index (κ3) is 22.4. The number of nitrogens with zero attached hydrogens (tertiary/aromatic N) is 5. The van der Waals surface area contributed by atoms with E-state index in [1.165, 1.54) is 35.5 Å². The number of benzene rings is 1. The lowest BCUT2D eigenvalue weighted by Crippen LogP contribution is -2.65. The summed E-state index contributed by atoms with van der Waals surface area (Å²) in [5.41, 5.74) is 32.1. The predicted molar refractivity (Wildman–Crippen MR) is 377 cm³/mol. The first-order valence-electron chi connectivity index (χ1n) is 35.5. The van der Waals surface area contributed by atoms with Gasteiger partial charge in [0.25, 0.3) is 0 Å². The van der Waals surface area contributed by atoms with E-state index in [0.29, 0.717) is 53.9 Å². The van der Waals surface area contributed by atoms with Crippen LogP contribution in [-0.4, -0.2) is 214 Å². The number of aliphatic hydroxyl groups excluding tert-OH is 2. The number of amides is 10. The Balaban J connectivity index is 0.904. The zero-order valence-corrected chi connectivity index (χ0v) is 58.5. The molecule has 2 saturated heterocycles. The average molecular weight is 1440 g/mol. The molecular weight excluding hydrogens is 1340 g/mol. The molecule has 4 bridgehead atoms. The fraction of sp³-hybridized carbons (Fsp3) is 0.647. The predicted octanol–water partition coefficient (Wildman–Crippen LogP) is -2.83. The lowest BCUT2D eigenvalue weighted by atomic mass is 9.49. The highest BCUT2D eigenvalue weighted by Crippen LogP contribution is 2.61. The Bertz CT molecular complexity index is 3320. The Morgan fingerprint density at radius 1 is 0.578 bits per heavy atom. The molecule has 1 aromatic carbocycles. The van der Waals surface area contributed by atoms with Gasteiger partial charge in [-0.25, -0.2) is 4.79 Å². The van der Waals surface area contributed by atoms with Gasteiger partial charge in [0.15, 0.2) is 17.9 Å². The van der Waals surface area contributed by atoms with Crippen LogP contribution in [0.1, 0.15) is 145 Å². The number of carboxylic acid groups (broad SMARTS) is 1.